The maximum atomic E-state index is 13.3. The van der Waals surface area contributed by atoms with Gasteiger partial charge >= 0.3 is 5.97 Å². The van der Waals surface area contributed by atoms with Gasteiger partial charge in [-0.1, -0.05) is 54.6 Å². The van der Waals surface area contributed by atoms with E-state index in [0.29, 0.717) is 35.6 Å². The number of nitrogens with one attached hydrogen (secondary N) is 1. The van der Waals surface area contributed by atoms with Gasteiger partial charge in [-0.25, -0.2) is 4.79 Å². The molecule has 1 aliphatic heterocycles. The van der Waals surface area contributed by atoms with Crippen LogP contribution < -0.4 is 14.8 Å². The normalized spacial score (nSPS) is 15.6. The zero-order valence-electron chi connectivity index (χ0n) is 19.5. The fourth-order valence-corrected chi connectivity index (χ4v) is 4.28. The molecule has 7 heteroatoms. The summed E-state index contributed by atoms with van der Waals surface area (Å²) in [4.78, 5) is 27.9. The van der Waals surface area contributed by atoms with Crippen molar-refractivity contribution in [1.29, 1.82) is 0 Å². The van der Waals surface area contributed by atoms with Crippen molar-refractivity contribution in [2.24, 2.45) is 0 Å². The molecular weight excluding hydrogens is 432 g/mol. The minimum Gasteiger partial charge on any atom is -0.493 e. The molecule has 176 valence electrons. The largest absolute Gasteiger partial charge is 0.493 e. The Morgan fingerprint density at radius 1 is 0.941 bits per heavy atom. The van der Waals surface area contributed by atoms with Crippen LogP contribution in [0.2, 0.25) is 0 Å². The summed E-state index contributed by atoms with van der Waals surface area (Å²) in [5.41, 5.74) is 3.23. The highest BCUT2D eigenvalue weighted by Crippen LogP contribution is 2.36. The maximum Gasteiger partial charge on any atom is 0.327 e. The first-order valence-electron chi connectivity index (χ1n) is 11.1. The van der Waals surface area contributed by atoms with Crippen molar-refractivity contribution in [2.75, 3.05) is 27.9 Å². The summed E-state index contributed by atoms with van der Waals surface area (Å²) in [6, 6.07) is 21.9. The second-order valence-corrected chi connectivity index (χ2v) is 7.96. The molecule has 4 rings (SSSR count). The van der Waals surface area contributed by atoms with E-state index in [1.54, 1.807) is 37.3 Å². The van der Waals surface area contributed by atoms with Crippen molar-refractivity contribution in [2.45, 2.75) is 18.6 Å². The molecule has 0 aliphatic carbocycles. The summed E-state index contributed by atoms with van der Waals surface area (Å²) in [5, 5.41) is 3.38. The number of fused-ring (bicyclic) bond motifs is 1. The fraction of sp³-hybridized carbons (Fsp3) is 0.259. The molecule has 2 unspecified atom stereocenters. The van der Waals surface area contributed by atoms with Gasteiger partial charge in [-0.05, 0) is 35.7 Å². The van der Waals surface area contributed by atoms with E-state index in [-0.39, 0.29) is 5.91 Å². The Balaban J connectivity index is 1.67. The Kier molecular flexibility index (Phi) is 7.13. The van der Waals surface area contributed by atoms with Crippen LogP contribution in [0.15, 0.2) is 72.8 Å². The molecule has 0 aromatic heterocycles. The van der Waals surface area contributed by atoms with Crippen LogP contribution in [-0.2, 0) is 16.0 Å². The van der Waals surface area contributed by atoms with Crippen LogP contribution in [0.4, 0.5) is 0 Å². The number of benzene rings is 3. The minimum atomic E-state index is -0.826. The first-order chi connectivity index (χ1) is 16.6. The van der Waals surface area contributed by atoms with Gasteiger partial charge < -0.3 is 19.1 Å². The number of hydrogen-bond donors (Lipinski definition) is 1. The molecule has 3 aromatic rings. The number of methoxy groups -OCH3 is 3. The van der Waals surface area contributed by atoms with E-state index >= 15 is 0 Å². The number of ether oxygens (including phenoxy) is 3. The molecule has 2 atom stereocenters. The summed E-state index contributed by atoms with van der Waals surface area (Å²) >= 11 is 0. The molecule has 0 radical (unpaired) electrons. The Hall–Kier alpha value is -3.84. The Labute approximate surface area is 199 Å². The standard InChI is InChI=1S/C27H28N2O5/c1-32-22-14-13-19(17-23(22)33-2)24(27(31)34-3)28-25-20-11-7-8-12-21(20)26(30)29(25)16-15-18-9-5-4-6-10-18/h4-14,17,24-25,28H,15-16H2,1-3H3. The Morgan fingerprint density at radius 3 is 2.35 bits per heavy atom. The van der Waals surface area contributed by atoms with Gasteiger partial charge in [0, 0.05) is 17.7 Å². The van der Waals surface area contributed by atoms with Gasteiger partial charge in [-0.2, -0.15) is 0 Å². The molecule has 1 aliphatic rings. The summed E-state index contributed by atoms with van der Waals surface area (Å²) in [6.45, 7) is 0.495. The number of rotatable bonds is 9. The van der Waals surface area contributed by atoms with Crippen LogP contribution in [0.1, 0.15) is 39.3 Å². The average Bonchev–Trinajstić information content (AvgIpc) is 3.16. The van der Waals surface area contributed by atoms with Crippen LogP contribution in [0, 0.1) is 0 Å². The smallest absolute Gasteiger partial charge is 0.327 e. The first kappa shape index (κ1) is 23.3. The van der Waals surface area contributed by atoms with Crippen molar-refractivity contribution in [1.82, 2.24) is 10.2 Å². The van der Waals surface area contributed by atoms with Gasteiger partial charge in [0.05, 0.1) is 21.3 Å². The number of hydrogen-bond acceptors (Lipinski definition) is 6. The number of amides is 1. The number of esters is 1. The van der Waals surface area contributed by atoms with Gasteiger partial charge in [-0.3, -0.25) is 10.1 Å². The lowest BCUT2D eigenvalue weighted by molar-refractivity contribution is -0.144. The van der Waals surface area contributed by atoms with Gasteiger partial charge in [0.1, 0.15) is 12.2 Å². The van der Waals surface area contributed by atoms with Crippen molar-refractivity contribution < 1.29 is 23.8 Å². The number of nitrogens with zero attached hydrogens (tertiary/aromatic N) is 1. The third-order valence-electron chi connectivity index (χ3n) is 6.04. The predicted octanol–water partition coefficient (Wildman–Crippen LogP) is 3.90. The molecule has 0 saturated heterocycles. The molecule has 34 heavy (non-hydrogen) atoms. The zero-order chi connectivity index (χ0) is 24.1. The first-order valence-corrected chi connectivity index (χ1v) is 11.1. The molecule has 1 N–H and O–H groups in total. The fourth-order valence-electron chi connectivity index (χ4n) is 4.28. The highest BCUT2D eigenvalue weighted by molar-refractivity contribution is 5.99. The maximum absolute atomic E-state index is 13.3. The molecule has 7 nitrogen and oxygen atoms in total. The molecule has 1 amide bonds. The molecule has 0 fully saturated rings. The van der Waals surface area contributed by atoms with Crippen molar-refractivity contribution in [3.8, 4) is 11.5 Å². The second kappa shape index (κ2) is 10.4. The van der Waals surface area contributed by atoms with Crippen molar-refractivity contribution in [3.05, 3.63) is 95.1 Å². The summed E-state index contributed by atoms with van der Waals surface area (Å²) in [6.07, 6.45) is 0.197. The van der Waals surface area contributed by atoms with Gasteiger partial charge in [0.2, 0.25) is 0 Å². The third kappa shape index (κ3) is 4.61. The predicted molar refractivity (Wildman–Crippen MR) is 128 cm³/mol. The van der Waals surface area contributed by atoms with Crippen LogP contribution >= 0.6 is 0 Å². The highest BCUT2D eigenvalue weighted by atomic mass is 16.5. The highest BCUT2D eigenvalue weighted by Gasteiger charge is 2.39. The van der Waals surface area contributed by atoms with Crippen LogP contribution in [0.5, 0.6) is 11.5 Å². The second-order valence-electron chi connectivity index (χ2n) is 7.96. The quantitative estimate of drug-likeness (QED) is 0.488. The van der Waals surface area contributed by atoms with Crippen LogP contribution in [-0.4, -0.2) is 44.7 Å². The number of carbonyl (C=O) groups excluding carboxylic acids is 2. The molecule has 0 spiro atoms. The molecule has 1 heterocycles. The minimum absolute atomic E-state index is 0.0695. The lowest BCUT2D eigenvalue weighted by Gasteiger charge is -2.30. The summed E-state index contributed by atoms with van der Waals surface area (Å²) in [7, 11) is 4.44. The van der Waals surface area contributed by atoms with Crippen molar-refractivity contribution >= 4 is 11.9 Å². The van der Waals surface area contributed by atoms with Gasteiger partial charge in [0.15, 0.2) is 11.5 Å². The summed E-state index contributed by atoms with van der Waals surface area (Å²) < 4.78 is 15.9. The molecular formula is C27H28N2O5. The average molecular weight is 461 g/mol. The lowest BCUT2D eigenvalue weighted by Crippen LogP contribution is -2.42. The lowest BCUT2D eigenvalue weighted by atomic mass is 10.0. The molecule has 0 saturated carbocycles. The molecule has 0 bridgehead atoms. The SMILES string of the molecule is COC(=O)C(NC1c2ccccc2C(=O)N1CCc1ccccc1)c1ccc(OC)c(OC)c1. The van der Waals surface area contributed by atoms with Crippen LogP contribution in [0.3, 0.4) is 0 Å². The van der Waals surface area contributed by atoms with Gasteiger partial charge in [-0.15, -0.1) is 0 Å². The summed E-state index contributed by atoms with van der Waals surface area (Å²) in [5.74, 6) is 0.521. The van der Waals surface area contributed by atoms with Gasteiger partial charge in [0.25, 0.3) is 5.91 Å². The number of carbonyl (C=O) groups is 2. The van der Waals surface area contributed by atoms with E-state index in [1.807, 2.05) is 54.6 Å². The Morgan fingerprint density at radius 2 is 1.65 bits per heavy atom. The van der Waals surface area contributed by atoms with Crippen LogP contribution in [0.25, 0.3) is 0 Å². The topological polar surface area (TPSA) is 77.1 Å². The van der Waals surface area contributed by atoms with E-state index in [4.69, 9.17) is 14.2 Å². The van der Waals surface area contributed by atoms with E-state index in [9.17, 15) is 9.59 Å². The molecule has 3 aromatic carbocycles. The van der Waals surface area contributed by atoms with Crippen molar-refractivity contribution in [3.63, 3.8) is 0 Å². The van der Waals surface area contributed by atoms with E-state index in [2.05, 4.69) is 5.32 Å². The van der Waals surface area contributed by atoms with E-state index in [0.717, 1.165) is 11.1 Å². The zero-order valence-corrected chi connectivity index (χ0v) is 19.5. The van der Waals surface area contributed by atoms with E-state index in [1.165, 1.54) is 7.11 Å². The van der Waals surface area contributed by atoms with E-state index < -0.39 is 18.2 Å². The monoisotopic (exact) mass is 460 g/mol. The Bertz CT molecular complexity index is 1160. The third-order valence-corrected chi connectivity index (χ3v) is 6.04.